The fourth-order valence-electron chi connectivity index (χ4n) is 1.32. The molecule has 88 valence electrons. The van der Waals surface area contributed by atoms with Crippen LogP contribution in [0.4, 0.5) is 0 Å². The highest BCUT2D eigenvalue weighted by atomic mass is 16.5. The van der Waals surface area contributed by atoms with Gasteiger partial charge in [0.05, 0.1) is 13.2 Å². The van der Waals surface area contributed by atoms with E-state index in [-0.39, 0.29) is 18.5 Å². The van der Waals surface area contributed by atoms with Crippen LogP contribution >= 0.6 is 0 Å². The number of hydrogen-bond acceptors (Lipinski definition) is 3. The summed E-state index contributed by atoms with van der Waals surface area (Å²) >= 11 is 0. The Balaban J connectivity index is 2.49. The lowest BCUT2D eigenvalue weighted by atomic mass is 10.1. The van der Waals surface area contributed by atoms with Gasteiger partial charge in [0.2, 0.25) is 0 Å². The minimum absolute atomic E-state index is 0.0851. The highest BCUT2D eigenvalue weighted by Crippen LogP contribution is 2.13. The highest BCUT2D eigenvalue weighted by Gasteiger charge is 2.05. The van der Waals surface area contributed by atoms with Crippen LogP contribution in [0.2, 0.25) is 0 Å². The Morgan fingerprint density at radius 3 is 2.75 bits per heavy atom. The second-order valence-corrected chi connectivity index (χ2v) is 3.93. The maximum atomic E-state index is 11.6. The SMILES string of the molecule is COc1cccc(CC(=O)COC(C)C)c1. The topological polar surface area (TPSA) is 35.5 Å². The predicted octanol–water partition coefficient (Wildman–Crippen LogP) is 2.23. The van der Waals surface area contributed by atoms with Crippen molar-refractivity contribution in [2.45, 2.75) is 26.4 Å². The molecule has 1 rings (SSSR count). The Hall–Kier alpha value is -1.35. The van der Waals surface area contributed by atoms with Crippen molar-refractivity contribution in [1.82, 2.24) is 0 Å². The van der Waals surface area contributed by atoms with Gasteiger partial charge in [0.1, 0.15) is 12.4 Å². The second-order valence-electron chi connectivity index (χ2n) is 3.93. The van der Waals surface area contributed by atoms with Crippen LogP contribution in [0.5, 0.6) is 5.75 Å². The molecule has 0 N–H and O–H groups in total. The van der Waals surface area contributed by atoms with Gasteiger partial charge in [-0.1, -0.05) is 12.1 Å². The molecular weight excluding hydrogens is 204 g/mol. The van der Waals surface area contributed by atoms with Crippen molar-refractivity contribution >= 4 is 5.78 Å². The lowest BCUT2D eigenvalue weighted by Crippen LogP contribution is -2.15. The van der Waals surface area contributed by atoms with E-state index in [1.54, 1.807) is 7.11 Å². The molecule has 0 heterocycles. The van der Waals surface area contributed by atoms with E-state index in [9.17, 15) is 4.79 Å². The molecule has 0 saturated heterocycles. The van der Waals surface area contributed by atoms with Crippen molar-refractivity contribution in [3.63, 3.8) is 0 Å². The third kappa shape index (κ3) is 4.45. The first kappa shape index (κ1) is 12.7. The number of methoxy groups -OCH3 is 1. The molecule has 3 nitrogen and oxygen atoms in total. The van der Waals surface area contributed by atoms with E-state index in [4.69, 9.17) is 9.47 Å². The van der Waals surface area contributed by atoms with Crippen LogP contribution in [0.3, 0.4) is 0 Å². The molecule has 1 aromatic rings. The van der Waals surface area contributed by atoms with E-state index in [2.05, 4.69) is 0 Å². The number of ether oxygens (including phenoxy) is 2. The number of carbonyl (C=O) groups is 1. The first-order valence-corrected chi connectivity index (χ1v) is 5.38. The number of Topliss-reactive ketones (excluding diaryl/α,β-unsaturated/α-hetero) is 1. The smallest absolute Gasteiger partial charge is 0.162 e. The minimum Gasteiger partial charge on any atom is -0.497 e. The number of benzene rings is 1. The van der Waals surface area contributed by atoms with Crippen LogP contribution in [0.25, 0.3) is 0 Å². The molecule has 0 bridgehead atoms. The number of hydrogen-bond donors (Lipinski definition) is 0. The molecule has 0 aliphatic rings. The van der Waals surface area contributed by atoms with Crippen molar-refractivity contribution in [2.24, 2.45) is 0 Å². The lowest BCUT2D eigenvalue weighted by Gasteiger charge is -2.07. The molecule has 0 fully saturated rings. The zero-order valence-corrected chi connectivity index (χ0v) is 10.0. The normalized spacial score (nSPS) is 10.5. The second kappa shape index (κ2) is 6.28. The van der Waals surface area contributed by atoms with Gasteiger partial charge in [0.15, 0.2) is 5.78 Å². The van der Waals surface area contributed by atoms with Crippen molar-refractivity contribution in [2.75, 3.05) is 13.7 Å². The van der Waals surface area contributed by atoms with Crippen molar-refractivity contribution in [3.05, 3.63) is 29.8 Å². The van der Waals surface area contributed by atoms with Gasteiger partial charge in [-0.2, -0.15) is 0 Å². The Morgan fingerprint density at radius 1 is 1.38 bits per heavy atom. The molecular formula is C13H18O3. The van der Waals surface area contributed by atoms with E-state index in [0.717, 1.165) is 11.3 Å². The van der Waals surface area contributed by atoms with Crippen molar-refractivity contribution < 1.29 is 14.3 Å². The maximum Gasteiger partial charge on any atom is 0.162 e. The van der Waals surface area contributed by atoms with Gasteiger partial charge in [-0.3, -0.25) is 4.79 Å². The van der Waals surface area contributed by atoms with E-state index >= 15 is 0 Å². The fourth-order valence-corrected chi connectivity index (χ4v) is 1.32. The fraction of sp³-hybridized carbons (Fsp3) is 0.462. The first-order chi connectivity index (χ1) is 7.61. The minimum atomic E-state index is 0.0851. The maximum absolute atomic E-state index is 11.6. The van der Waals surface area contributed by atoms with Gasteiger partial charge < -0.3 is 9.47 Å². The zero-order valence-electron chi connectivity index (χ0n) is 10.0. The molecule has 0 spiro atoms. The third-order valence-electron chi connectivity index (χ3n) is 2.11. The molecule has 0 aliphatic heterocycles. The molecule has 0 radical (unpaired) electrons. The molecule has 0 unspecified atom stereocenters. The summed E-state index contributed by atoms with van der Waals surface area (Å²) in [5, 5.41) is 0. The third-order valence-corrected chi connectivity index (χ3v) is 2.11. The van der Waals surface area contributed by atoms with Gasteiger partial charge in [-0.25, -0.2) is 0 Å². The van der Waals surface area contributed by atoms with Crippen LogP contribution in [-0.4, -0.2) is 25.6 Å². The summed E-state index contributed by atoms with van der Waals surface area (Å²) in [5.41, 5.74) is 0.955. The predicted molar refractivity (Wildman–Crippen MR) is 62.8 cm³/mol. The summed E-state index contributed by atoms with van der Waals surface area (Å²) in [4.78, 5) is 11.6. The Kier molecular flexibility index (Phi) is 4.99. The molecule has 3 heteroatoms. The van der Waals surface area contributed by atoms with E-state index in [1.807, 2.05) is 38.1 Å². The van der Waals surface area contributed by atoms with E-state index in [0.29, 0.717) is 6.42 Å². The molecule has 0 amide bonds. The van der Waals surface area contributed by atoms with Gasteiger partial charge in [0, 0.05) is 6.42 Å². The van der Waals surface area contributed by atoms with Gasteiger partial charge >= 0.3 is 0 Å². The van der Waals surface area contributed by atoms with Crippen LogP contribution in [0.1, 0.15) is 19.4 Å². The molecule has 16 heavy (non-hydrogen) atoms. The van der Waals surface area contributed by atoms with E-state index < -0.39 is 0 Å². The number of rotatable bonds is 6. The summed E-state index contributed by atoms with van der Waals surface area (Å²) in [6, 6.07) is 7.52. The average molecular weight is 222 g/mol. The standard InChI is InChI=1S/C13H18O3/c1-10(2)16-9-12(14)7-11-5-4-6-13(8-11)15-3/h4-6,8,10H,7,9H2,1-3H3. The Morgan fingerprint density at radius 2 is 2.12 bits per heavy atom. The molecule has 0 aromatic heterocycles. The van der Waals surface area contributed by atoms with Crippen LogP contribution in [-0.2, 0) is 16.0 Å². The van der Waals surface area contributed by atoms with Crippen LogP contribution in [0, 0.1) is 0 Å². The van der Waals surface area contributed by atoms with Gasteiger partial charge in [-0.15, -0.1) is 0 Å². The summed E-state index contributed by atoms with van der Waals surface area (Å²) in [5.74, 6) is 0.858. The van der Waals surface area contributed by atoms with E-state index in [1.165, 1.54) is 0 Å². The quantitative estimate of drug-likeness (QED) is 0.740. The van der Waals surface area contributed by atoms with Crippen molar-refractivity contribution in [1.29, 1.82) is 0 Å². The molecule has 0 saturated carbocycles. The van der Waals surface area contributed by atoms with Crippen molar-refractivity contribution in [3.8, 4) is 5.75 Å². The monoisotopic (exact) mass is 222 g/mol. The summed E-state index contributed by atoms with van der Waals surface area (Å²) < 4.78 is 10.3. The first-order valence-electron chi connectivity index (χ1n) is 5.38. The summed E-state index contributed by atoms with van der Waals surface area (Å²) in [7, 11) is 1.61. The number of carbonyl (C=O) groups excluding carboxylic acids is 1. The zero-order chi connectivity index (χ0) is 12.0. The largest absolute Gasteiger partial charge is 0.497 e. The summed E-state index contributed by atoms with van der Waals surface area (Å²) in [6.45, 7) is 4.01. The number of ketones is 1. The van der Waals surface area contributed by atoms with Crippen LogP contribution < -0.4 is 4.74 Å². The molecule has 1 aromatic carbocycles. The van der Waals surface area contributed by atoms with Gasteiger partial charge in [0.25, 0.3) is 0 Å². The highest BCUT2D eigenvalue weighted by molar-refractivity contribution is 5.82. The average Bonchev–Trinajstić information content (AvgIpc) is 2.26. The van der Waals surface area contributed by atoms with Gasteiger partial charge in [-0.05, 0) is 31.5 Å². The Labute approximate surface area is 96.4 Å². The lowest BCUT2D eigenvalue weighted by molar-refractivity contribution is -0.124. The molecule has 0 aliphatic carbocycles. The molecule has 0 atom stereocenters. The summed E-state index contributed by atoms with van der Waals surface area (Å²) in [6.07, 6.45) is 0.485. The Bertz CT molecular complexity index is 345. The van der Waals surface area contributed by atoms with Crippen LogP contribution in [0.15, 0.2) is 24.3 Å².